The highest BCUT2D eigenvalue weighted by molar-refractivity contribution is 5.90. The zero-order valence-corrected chi connectivity index (χ0v) is 18.2. The number of nitrogens with zero attached hydrogens (tertiary/aromatic N) is 2. The lowest BCUT2D eigenvalue weighted by atomic mass is 9.73. The Morgan fingerprint density at radius 2 is 1.97 bits per heavy atom. The number of ether oxygens (including phenoxy) is 3. The maximum Gasteiger partial charge on any atom is 0.409 e. The molecule has 2 aliphatic rings. The smallest absolute Gasteiger partial charge is 0.409 e. The highest BCUT2D eigenvalue weighted by atomic mass is 16.5. The van der Waals surface area contributed by atoms with Crippen LogP contribution in [0.3, 0.4) is 0 Å². The first-order valence-electron chi connectivity index (χ1n) is 10.3. The molecule has 1 heterocycles. The SMILES string of the molecule is CNN=C(C)[C@]1(C)CN(C(=O)OC)CC1c1ccc(OC)c(OC2CCCC2)c1. The van der Waals surface area contributed by atoms with Gasteiger partial charge in [0.25, 0.3) is 0 Å². The van der Waals surface area contributed by atoms with Crippen molar-refractivity contribution in [3.63, 3.8) is 0 Å². The summed E-state index contributed by atoms with van der Waals surface area (Å²) in [5.74, 6) is 1.58. The summed E-state index contributed by atoms with van der Waals surface area (Å²) in [6.45, 7) is 5.27. The fourth-order valence-electron chi connectivity index (χ4n) is 4.58. The molecule has 3 rings (SSSR count). The van der Waals surface area contributed by atoms with Gasteiger partial charge in [-0.05, 0) is 50.3 Å². The van der Waals surface area contributed by atoms with Crippen LogP contribution in [0.15, 0.2) is 23.3 Å². The van der Waals surface area contributed by atoms with Crippen molar-refractivity contribution in [3.8, 4) is 11.5 Å². The first kappa shape index (κ1) is 21.3. The molecule has 0 aromatic heterocycles. The molecule has 2 fully saturated rings. The van der Waals surface area contributed by atoms with Crippen LogP contribution in [-0.4, -0.2) is 57.2 Å². The van der Waals surface area contributed by atoms with E-state index in [1.807, 2.05) is 13.0 Å². The number of amides is 1. The molecule has 0 radical (unpaired) electrons. The number of carbonyl (C=O) groups is 1. The average molecular weight is 404 g/mol. The third kappa shape index (κ3) is 4.28. The summed E-state index contributed by atoms with van der Waals surface area (Å²) in [4.78, 5) is 14.0. The number of hydrogen-bond donors (Lipinski definition) is 1. The number of carbonyl (C=O) groups excluding carboxylic acids is 1. The molecule has 0 bridgehead atoms. The molecule has 29 heavy (non-hydrogen) atoms. The zero-order chi connectivity index (χ0) is 21.0. The molecule has 1 aromatic rings. The Bertz CT molecular complexity index is 760. The van der Waals surface area contributed by atoms with Crippen molar-refractivity contribution in [2.45, 2.75) is 51.6 Å². The van der Waals surface area contributed by atoms with E-state index in [1.165, 1.54) is 20.0 Å². The van der Waals surface area contributed by atoms with Crippen LogP contribution in [0.2, 0.25) is 0 Å². The largest absolute Gasteiger partial charge is 0.493 e. The Hall–Kier alpha value is -2.44. The minimum atomic E-state index is -0.323. The Balaban J connectivity index is 1.96. The van der Waals surface area contributed by atoms with Crippen LogP contribution in [0.1, 0.15) is 51.0 Å². The maximum absolute atomic E-state index is 12.3. The molecular weight excluding hydrogens is 370 g/mol. The lowest BCUT2D eigenvalue weighted by Gasteiger charge is -2.31. The van der Waals surface area contributed by atoms with Gasteiger partial charge in [-0.2, -0.15) is 5.10 Å². The van der Waals surface area contributed by atoms with Crippen molar-refractivity contribution in [1.82, 2.24) is 10.3 Å². The first-order chi connectivity index (χ1) is 13.9. The summed E-state index contributed by atoms with van der Waals surface area (Å²) in [7, 11) is 4.87. The van der Waals surface area contributed by atoms with Gasteiger partial charge in [-0.25, -0.2) is 4.79 Å². The third-order valence-corrected chi connectivity index (χ3v) is 6.42. The van der Waals surface area contributed by atoms with Crippen LogP contribution in [0.5, 0.6) is 11.5 Å². The Kier molecular flexibility index (Phi) is 6.55. The van der Waals surface area contributed by atoms with E-state index in [9.17, 15) is 4.79 Å². The summed E-state index contributed by atoms with van der Waals surface area (Å²) in [5, 5.41) is 4.44. The summed E-state index contributed by atoms with van der Waals surface area (Å²) >= 11 is 0. The first-order valence-corrected chi connectivity index (χ1v) is 10.3. The van der Waals surface area contributed by atoms with Crippen molar-refractivity contribution in [2.75, 3.05) is 34.4 Å². The molecule has 1 aliphatic carbocycles. The van der Waals surface area contributed by atoms with Gasteiger partial charge in [0.15, 0.2) is 11.5 Å². The van der Waals surface area contributed by atoms with Gasteiger partial charge in [0, 0.05) is 37.2 Å². The predicted octanol–water partition coefficient (Wildman–Crippen LogP) is 3.78. The van der Waals surface area contributed by atoms with Crippen LogP contribution in [-0.2, 0) is 4.74 Å². The van der Waals surface area contributed by atoms with Gasteiger partial charge in [-0.15, -0.1) is 0 Å². The van der Waals surface area contributed by atoms with Gasteiger partial charge in [-0.3, -0.25) is 0 Å². The van der Waals surface area contributed by atoms with Crippen LogP contribution >= 0.6 is 0 Å². The molecule has 7 heteroatoms. The number of likely N-dealkylation sites (tertiary alicyclic amines) is 1. The van der Waals surface area contributed by atoms with E-state index in [2.05, 4.69) is 29.6 Å². The van der Waals surface area contributed by atoms with Gasteiger partial charge >= 0.3 is 6.09 Å². The van der Waals surface area contributed by atoms with E-state index in [-0.39, 0.29) is 23.5 Å². The van der Waals surface area contributed by atoms with Crippen molar-refractivity contribution in [2.24, 2.45) is 10.5 Å². The van der Waals surface area contributed by atoms with E-state index < -0.39 is 0 Å². The van der Waals surface area contributed by atoms with Gasteiger partial charge in [0.05, 0.1) is 20.3 Å². The second-order valence-corrected chi connectivity index (χ2v) is 8.18. The predicted molar refractivity (Wildman–Crippen MR) is 113 cm³/mol. The number of benzene rings is 1. The second kappa shape index (κ2) is 8.93. The van der Waals surface area contributed by atoms with Gasteiger partial charge in [0.2, 0.25) is 0 Å². The number of hydrogen-bond acceptors (Lipinski definition) is 6. The fraction of sp³-hybridized carbons (Fsp3) is 0.636. The van der Waals surface area contributed by atoms with Gasteiger partial charge in [0.1, 0.15) is 0 Å². The molecule has 2 atom stereocenters. The fourth-order valence-corrected chi connectivity index (χ4v) is 4.58. The van der Waals surface area contributed by atoms with Crippen molar-refractivity contribution in [3.05, 3.63) is 23.8 Å². The van der Waals surface area contributed by atoms with E-state index in [1.54, 1.807) is 19.1 Å². The molecule has 160 valence electrons. The highest BCUT2D eigenvalue weighted by Gasteiger charge is 2.48. The van der Waals surface area contributed by atoms with E-state index in [4.69, 9.17) is 14.2 Å². The van der Waals surface area contributed by atoms with Crippen molar-refractivity contribution < 1.29 is 19.0 Å². The molecule has 1 N–H and O–H groups in total. The number of nitrogens with one attached hydrogen (secondary N) is 1. The minimum absolute atomic E-state index is 0.0653. The molecule has 1 aliphatic heterocycles. The quantitative estimate of drug-likeness (QED) is 0.578. The van der Waals surface area contributed by atoms with E-state index in [0.29, 0.717) is 13.1 Å². The van der Waals surface area contributed by atoms with Crippen molar-refractivity contribution >= 4 is 11.8 Å². The lowest BCUT2D eigenvalue weighted by Crippen LogP contribution is -2.36. The molecule has 1 unspecified atom stereocenters. The van der Waals surface area contributed by atoms with Crippen LogP contribution < -0.4 is 14.9 Å². The summed E-state index contributed by atoms with van der Waals surface area (Å²) in [6.07, 6.45) is 4.51. The molecule has 1 aromatic carbocycles. The molecule has 7 nitrogen and oxygen atoms in total. The highest BCUT2D eigenvalue weighted by Crippen LogP contribution is 2.46. The average Bonchev–Trinajstić information content (AvgIpc) is 3.36. The second-order valence-electron chi connectivity index (χ2n) is 8.18. The molecule has 0 spiro atoms. The van der Waals surface area contributed by atoms with Crippen molar-refractivity contribution in [1.29, 1.82) is 0 Å². The Morgan fingerprint density at radius 1 is 1.24 bits per heavy atom. The molecule has 1 saturated heterocycles. The third-order valence-electron chi connectivity index (χ3n) is 6.42. The summed E-state index contributed by atoms with van der Waals surface area (Å²) < 4.78 is 16.8. The Morgan fingerprint density at radius 3 is 2.59 bits per heavy atom. The maximum atomic E-state index is 12.3. The van der Waals surface area contributed by atoms with Crippen LogP contribution in [0, 0.1) is 5.41 Å². The number of hydrazone groups is 1. The van der Waals surface area contributed by atoms with Gasteiger partial charge < -0.3 is 24.5 Å². The minimum Gasteiger partial charge on any atom is -0.493 e. The molecule has 1 amide bonds. The standard InChI is InChI=1S/C22H33N3O4/c1-15(24-23-3)22(2)14-25(21(26)28-5)13-18(22)16-10-11-19(27-4)20(12-16)29-17-8-6-7-9-17/h10-12,17-18,23H,6-9,13-14H2,1-5H3/t18?,22-/m0/s1. The van der Waals surface area contributed by atoms with Gasteiger partial charge in [-0.1, -0.05) is 13.0 Å². The number of methoxy groups -OCH3 is 2. The topological polar surface area (TPSA) is 72.4 Å². The number of rotatable bonds is 6. The Labute approximate surface area is 173 Å². The summed E-state index contributed by atoms with van der Waals surface area (Å²) in [6, 6.07) is 6.11. The zero-order valence-electron chi connectivity index (χ0n) is 18.2. The monoisotopic (exact) mass is 403 g/mol. The normalized spacial score (nSPS) is 25.2. The summed E-state index contributed by atoms with van der Waals surface area (Å²) in [5.41, 5.74) is 4.62. The molecule has 1 saturated carbocycles. The lowest BCUT2D eigenvalue weighted by molar-refractivity contribution is 0.130. The van der Waals surface area contributed by atoms with Crippen LogP contribution in [0.4, 0.5) is 4.79 Å². The van der Waals surface area contributed by atoms with E-state index in [0.717, 1.165) is 35.6 Å². The van der Waals surface area contributed by atoms with E-state index >= 15 is 0 Å². The molecular formula is C22H33N3O4. The van der Waals surface area contributed by atoms with Crippen LogP contribution in [0.25, 0.3) is 0 Å².